The lowest BCUT2D eigenvalue weighted by Gasteiger charge is -2.35. The van der Waals surface area contributed by atoms with Gasteiger partial charge in [0.1, 0.15) is 0 Å². The van der Waals surface area contributed by atoms with Crippen molar-refractivity contribution in [2.75, 3.05) is 6.61 Å². The molecule has 80 valence electrons. The van der Waals surface area contributed by atoms with Crippen molar-refractivity contribution in [3.05, 3.63) is 35.4 Å². The predicted molar refractivity (Wildman–Crippen MR) is 55.8 cm³/mol. The molecule has 0 saturated carbocycles. The number of ether oxygens (including phenoxy) is 1. The molecule has 0 fully saturated rings. The number of benzene rings is 1. The SMILES string of the molecule is CC1(C)COC(C(=O)O)c2ccccc21. The summed E-state index contributed by atoms with van der Waals surface area (Å²) in [7, 11) is 0. The lowest BCUT2D eigenvalue weighted by molar-refractivity contribution is -0.153. The number of fused-ring (bicyclic) bond motifs is 1. The first-order valence-electron chi connectivity index (χ1n) is 4.96. The van der Waals surface area contributed by atoms with E-state index in [2.05, 4.69) is 13.8 Å². The van der Waals surface area contributed by atoms with Crippen molar-refractivity contribution in [2.45, 2.75) is 25.4 Å². The number of aliphatic carboxylic acids is 1. The second kappa shape index (κ2) is 3.35. The Morgan fingerprint density at radius 1 is 1.47 bits per heavy atom. The number of carboxylic acid groups (broad SMARTS) is 1. The number of rotatable bonds is 1. The fraction of sp³-hybridized carbons (Fsp3) is 0.417. The number of carboxylic acids is 1. The normalized spacial score (nSPS) is 23.2. The van der Waals surface area contributed by atoms with Gasteiger partial charge in [-0.15, -0.1) is 0 Å². The van der Waals surface area contributed by atoms with Crippen molar-refractivity contribution in [3.63, 3.8) is 0 Å². The molecular formula is C12H14O3. The average Bonchev–Trinajstić information content (AvgIpc) is 2.17. The van der Waals surface area contributed by atoms with Crippen LogP contribution in [0.4, 0.5) is 0 Å². The van der Waals surface area contributed by atoms with E-state index < -0.39 is 12.1 Å². The number of hydrogen-bond donors (Lipinski definition) is 1. The lowest BCUT2D eigenvalue weighted by Crippen LogP contribution is -2.35. The second-order valence-corrected chi connectivity index (χ2v) is 4.50. The zero-order chi connectivity index (χ0) is 11.1. The van der Waals surface area contributed by atoms with Gasteiger partial charge >= 0.3 is 5.97 Å². The zero-order valence-corrected chi connectivity index (χ0v) is 8.86. The Kier molecular flexibility index (Phi) is 2.27. The van der Waals surface area contributed by atoms with E-state index in [0.717, 1.165) is 11.1 Å². The molecule has 1 aromatic rings. The van der Waals surface area contributed by atoms with Gasteiger partial charge < -0.3 is 9.84 Å². The van der Waals surface area contributed by atoms with Crippen LogP contribution in [0.5, 0.6) is 0 Å². The summed E-state index contributed by atoms with van der Waals surface area (Å²) in [5.41, 5.74) is 1.74. The van der Waals surface area contributed by atoms with E-state index >= 15 is 0 Å². The fourth-order valence-electron chi connectivity index (χ4n) is 2.01. The van der Waals surface area contributed by atoms with Crippen LogP contribution in [0.3, 0.4) is 0 Å². The highest BCUT2D eigenvalue weighted by atomic mass is 16.5. The number of carbonyl (C=O) groups is 1. The average molecular weight is 206 g/mol. The van der Waals surface area contributed by atoms with E-state index in [1.165, 1.54) is 0 Å². The predicted octanol–water partition coefficient (Wildman–Crippen LogP) is 2.12. The minimum absolute atomic E-state index is 0.109. The van der Waals surface area contributed by atoms with Gasteiger partial charge in [-0.3, -0.25) is 0 Å². The first-order chi connectivity index (χ1) is 7.02. The summed E-state index contributed by atoms with van der Waals surface area (Å²) in [6, 6.07) is 7.59. The van der Waals surface area contributed by atoms with Gasteiger partial charge in [0.25, 0.3) is 0 Å². The highest BCUT2D eigenvalue weighted by molar-refractivity contribution is 5.75. The van der Waals surface area contributed by atoms with Crippen molar-refractivity contribution >= 4 is 5.97 Å². The molecule has 0 spiro atoms. The topological polar surface area (TPSA) is 46.5 Å². The van der Waals surface area contributed by atoms with E-state index in [4.69, 9.17) is 9.84 Å². The molecule has 0 aromatic heterocycles. The quantitative estimate of drug-likeness (QED) is 0.765. The van der Waals surface area contributed by atoms with Crippen molar-refractivity contribution in [2.24, 2.45) is 0 Å². The molecule has 1 heterocycles. The van der Waals surface area contributed by atoms with Crippen LogP contribution in [-0.2, 0) is 14.9 Å². The van der Waals surface area contributed by atoms with E-state index in [1.807, 2.05) is 24.3 Å². The van der Waals surface area contributed by atoms with E-state index in [-0.39, 0.29) is 5.41 Å². The summed E-state index contributed by atoms with van der Waals surface area (Å²) in [5.74, 6) is -0.919. The van der Waals surface area contributed by atoms with Gasteiger partial charge in [0.15, 0.2) is 6.10 Å². The van der Waals surface area contributed by atoms with Gasteiger partial charge in [-0.2, -0.15) is 0 Å². The maximum absolute atomic E-state index is 11.0. The third-order valence-electron chi connectivity index (χ3n) is 2.81. The third-order valence-corrected chi connectivity index (χ3v) is 2.81. The third kappa shape index (κ3) is 1.63. The smallest absolute Gasteiger partial charge is 0.337 e. The first kappa shape index (κ1) is 10.2. The minimum atomic E-state index is -0.919. The van der Waals surface area contributed by atoms with Crippen molar-refractivity contribution in [1.29, 1.82) is 0 Å². The molecule has 1 aliphatic rings. The molecule has 15 heavy (non-hydrogen) atoms. The summed E-state index contributed by atoms with van der Waals surface area (Å²) < 4.78 is 5.38. The molecule has 0 amide bonds. The molecule has 0 saturated heterocycles. The molecule has 1 aliphatic heterocycles. The van der Waals surface area contributed by atoms with Crippen molar-refractivity contribution < 1.29 is 14.6 Å². The molecule has 3 heteroatoms. The van der Waals surface area contributed by atoms with Gasteiger partial charge in [-0.1, -0.05) is 38.1 Å². The van der Waals surface area contributed by atoms with Crippen LogP contribution >= 0.6 is 0 Å². The van der Waals surface area contributed by atoms with Gasteiger partial charge in [-0.05, 0) is 11.1 Å². The Balaban J connectivity index is 2.53. The largest absolute Gasteiger partial charge is 0.479 e. The molecule has 0 aliphatic carbocycles. The van der Waals surface area contributed by atoms with Crippen LogP contribution in [0, 0.1) is 0 Å². The van der Waals surface area contributed by atoms with Gasteiger partial charge in [0.2, 0.25) is 0 Å². The van der Waals surface area contributed by atoms with Gasteiger partial charge in [0.05, 0.1) is 6.61 Å². The van der Waals surface area contributed by atoms with E-state index in [9.17, 15) is 4.79 Å². The highest BCUT2D eigenvalue weighted by Crippen LogP contribution is 2.37. The summed E-state index contributed by atoms with van der Waals surface area (Å²) in [5, 5.41) is 9.03. The molecule has 3 nitrogen and oxygen atoms in total. The second-order valence-electron chi connectivity index (χ2n) is 4.50. The Bertz CT molecular complexity index is 396. The van der Waals surface area contributed by atoms with Crippen LogP contribution in [0.25, 0.3) is 0 Å². The van der Waals surface area contributed by atoms with E-state index in [1.54, 1.807) is 0 Å². The molecule has 0 bridgehead atoms. The lowest BCUT2D eigenvalue weighted by atomic mass is 9.79. The minimum Gasteiger partial charge on any atom is -0.479 e. The monoisotopic (exact) mass is 206 g/mol. The Morgan fingerprint density at radius 3 is 2.80 bits per heavy atom. The summed E-state index contributed by atoms with van der Waals surface area (Å²) in [4.78, 5) is 11.0. The van der Waals surface area contributed by atoms with Crippen molar-refractivity contribution in [1.82, 2.24) is 0 Å². The summed E-state index contributed by atoms with van der Waals surface area (Å²) >= 11 is 0. The van der Waals surface area contributed by atoms with E-state index in [0.29, 0.717) is 6.61 Å². The Hall–Kier alpha value is -1.35. The zero-order valence-electron chi connectivity index (χ0n) is 8.86. The van der Waals surface area contributed by atoms with Gasteiger partial charge in [0, 0.05) is 5.41 Å². The molecule has 0 radical (unpaired) electrons. The van der Waals surface area contributed by atoms with Crippen LogP contribution in [0.1, 0.15) is 31.1 Å². The van der Waals surface area contributed by atoms with Crippen LogP contribution in [0.15, 0.2) is 24.3 Å². The first-order valence-corrected chi connectivity index (χ1v) is 4.96. The molecule has 1 unspecified atom stereocenters. The molecule has 1 aromatic carbocycles. The van der Waals surface area contributed by atoms with Gasteiger partial charge in [-0.25, -0.2) is 4.79 Å². The summed E-state index contributed by atoms with van der Waals surface area (Å²) in [6.07, 6.45) is -0.811. The maximum Gasteiger partial charge on any atom is 0.337 e. The van der Waals surface area contributed by atoms with Crippen LogP contribution in [0.2, 0.25) is 0 Å². The fourth-order valence-corrected chi connectivity index (χ4v) is 2.01. The van der Waals surface area contributed by atoms with Crippen LogP contribution in [-0.4, -0.2) is 17.7 Å². The Morgan fingerprint density at radius 2 is 2.13 bits per heavy atom. The summed E-state index contributed by atoms with van der Waals surface area (Å²) in [6.45, 7) is 4.56. The molecule has 2 rings (SSSR count). The molecule has 1 atom stereocenters. The number of hydrogen-bond acceptors (Lipinski definition) is 2. The molecular weight excluding hydrogens is 192 g/mol. The van der Waals surface area contributed by atoms with Crippen LogP contribution < -0.4 is 0 Å². The standard InChI is InChI=1S/C12H14O3/c1-12(2)7-15-10(11(13)14)8-5-3-4-6-9(8)12/h3-6,10H,7H2,1-2H3,(H,13,14). The highest BCUT2D eigenvalue weighted by Gasteiger charge is 2.36. The Labute approximate surface area is 88.7 Å². The molecule has 1 N–H and O–H groups in total. The maximum atomic E-state index is 11.0. The van der Waals surface area contributed by atoms with Crippen molar-refractivity contribution in [3.8, 4) is 0 Å².